The fraction of sp³-hybridized carbons (Fsp3) is 0.200. The second-order valence-corrected chi connectivity index (χ2v) is 7.57. The summed E-state index contributed by atoms with van der Waals surface area (Å²) in [5.74, 6) is 0.313. The van der Waals surface area contributed by atoms with Gasteiger partial charge < -0.3 is 0 Å². The second-order valence-electron chi connectivity index (χ2n) is 6.73. The van der Waals surface area contributed by atoms with Crippen molar-refractivity contribution in [2.75, 3.05) is 0 Å². The van der Waals surface area contributed by atoms with Crippen LogP contribution in [-0.2, 0) is 6.54 Å². The largest absolute Gasteiger partial charge is 0.333 e. The highest BCUT2D eigenvalue weighted by Gasteiger charge is 2.19. The summed E-state index contributed by atoms with van der Waals surface area (Å²) in [6.45, 7) is 4.76. The third-order valence-electron chi connectivity index (χ3n) is 4.36. The lowest BCUT2D eigenvalue weighted by Crippen LogP contribution is -2.25. The van der Waals surface area contributed by atoms with Gasteiger partial charge in [-0.15, -0.1) is 0 Å². The summed E-state index contributed by atoms with van der Waals surface area (Å²) in [6.07, 6.45) is 1.75. The monoisotopic (exact) mass is 385 g/mol. The van der Waals surface area contributed by atoms with E-state index in [1.165, 1.54) is 0 Å². The first-order valence-electron chi connectivity index (χ1n) is 8.42. The van der Waals surface area contributed by atoms with Gasteiger partial charge in [-0.2, -0.15) is 0 Å². The average molecular weight is 386 g/mol. The van der Waals surface area contributed by atoms with Gasteiger partial charge in [0.1, 0.15) is 0 Å². The Bertz CT molecular complexity index is 1190. The first kappa shape index (κ1) is 17.1. The fourth-order valence-corrected chi connectivity index (χ4v) is 3.68. The van der Waals surface area contributed by atoms with Gasteiger partial charge in [0.15, 0.2) is 0 Å². The summed E-state index contributed by atoms with van der Waals surface area (Å²) < 4.78 is 3.43. The molecular formula is C20H17Cl2N3O. The molecule has 0 unspecified atom stereocenters. The Balaban J connectivity index is 2.22. The Morgan fingerprint density at radius 3 is 2.62 bits per heavy atom. The van der Waals surface area contributed by atoms with Gasteiger partial charge >= 0.3 is 5.69 Å². The van der Waals surface area contributed by atoms with Crippen LogP contribution in [0.4, 0.5) is 0 Å². The molecule has 132 valence electrons. The van der Waals surface area contributed by atoms with Crippen molar-refractivity contribution in [1.29, 1.82) is 0 Å². The maximum Gasteiger partial charge on any atom is 0.333 e. The lowest BCUT2D eigenvalue weighted by Gasteiger charge is -2.07. The number of benzene rings is 2. The number of nitrogens with zero attached hydrogens (tertiary/aromatic N) is 3. The van der Waals surface area contributed by atoms with E-state index in [0.29, 0.717) is 28.2 Å². The quantitative estimate of drug-likeness (QED) is 0.479. The highest BCUT2D eigenvalue weighted by Crippen LogP contribution is 2.30. The van der Waals surface area contributed by atoms with E-state index in [9.17, 15) is 4.79 Å². The minimum atomic E-state index is -0.129. The molecule has 0 fully saturated rings. The molecule has 2 aromatic heterocycles. The third-order valence-corrected chi connectivity index (χ3v) is 4.91. The molecular weight excluding hydrogens is 369 g/mol. The van der Waals surface area contributed by atoms with Gasteiger partial charge in [0.2, 0.25) is 0 Å². The van der Waals surface area contributed by atoms with Gasteiger partial charge in [-0.3, -0.25) is 14.1 Å². The Kier molecular flexibility index (Phi) is 4.25. The highest BCUT2D eigenvalue weighted by atomic mass is 35.5. The number of rotatable bonds is 3. The zero-order valence-electron chi connectivity index (χ0n) is 14.4. The predicted molar refractivity (Wildman–Crippen MR) is 108 cm³/mol. The van der Waals surface area contributed by atoms with E-state index in [4.69, 9.17) is 23.2 Å². The van der Waals surface area contributed by atoms with Gasteiger partial charge in [-0.25, -0.2) is 4.79 Å². The van der Waals surface area contributed by atoms with Gasteiger partial charge in [0.05, 0.1) is 33.5 Å². The maximum atomic E-state index is 13.3. The van der Waals surface area contributed by atoms with E-state index in [-0.39, 0.29) is 5.69 Å². The highest BCUT2D eigenvalue weighted by molar-refractivity contribution is 6.32. The lowest BCUT2D eigenvalue weighted by atomic mass is 10.2. The minimum Gasteiger partial charge on any atom is -0.290 e. The molecule has 0 atom stereocenters. The normalized spacial score (nSPS) is 11.7. The summed E-state index contributed by atoms with van der Waals surface area (Å²) >= 11 is 12.6. The molecule has 0 radical (unpaired) electrons. The number of aromatic nitrogens is 3. The van der Waals surface area contributed by atoms with E-state index >= 15 is 0 Å². The molecule has 0 N–H and O–H groups in total. The summed E-state index contributed by atoms with van der Waals surface area (Å²) in [5, 5.41) is 1.95. The molecule has 4 rings (SSSR count). The van der Waals surface area contributed by atoms with Crippen molar-refractivity contribution in [3.63, 3.8) is 0 Å². The molecule has 0 spiro atoms. The Hall–Kier alpha value is -2.30. The summed E-state index contributed by atoms with van der Waals surface area (Å²) in [7, 11) is 0. The fourth-order valence-electron chi connectivity index (χ4n) is 3.29. The van der Waals surface area contributed by atoms with Crippen LogP contribution in [0.2, 0.25) is 10.0 Å². The topological polar surface area (TPSA) is 39.8 Å². The molecule has 0 aliphatic heterocycles. The van der Waals surface area contributed by atoms with Crippen LogP contribution in [0.3, 0.4) is 0 Å². The number of halogens is 2. The lowest BCUT2D eigenvalue weighted by molar-refractivity contribution is 0.519. The molecule has 26 heavy (non-hydrogen) atoms. The first-order chi connectivity index (χ1) is 12.5. The summed E-state index contributed by atoms with van der Waals surface area (Å²) in [4.78, 5) is 17.8. The van der Waals surface area contributed by atoms with Crippen molar-refractivity contribution in [1.82, 2.24) is 14.1 Å². The van der Waals surface area contributed by atoms with Crippen molar-refractivity contribution in [3.05, 3.63) is 69.2 Å². The molecule has 0 amide bonds. The molecule has 0 saturated carbocycles. The molecule has 0 aliphatic rings. The van der Waals surface area contributed by atoms with Gasteiger partial charge in [-0.1, -0.05) is 49.2 Å². The van der Waals surface area contributed by atoms with Crippen LogP contribution >= 0.6 is 23.2 Å². The van der Waals surface area contributed by atoms with Crippen LogP contribution in [-0.4, -0.2) is 14.1 Å². The van der Waals surface area contributed by atoms with E-state index in [1.807, 2.05) is 30.3 Å². The van der Waals surface area contributed by atoms with Crippen LogP contribution < -0.4 is 5.69 Å². The standard InChI is InChI=1S/C20H17Cl2N3O/c1-12(2)11-24-18-10-23-16-8-7-13(21)9-14(16)19(18)25(20(24)26)17-6-4-3-5-15(17)22/h3-10,12H,11H2,1-2H3. The van der Waals surface area contributed by atoms with Crippen molar-refractivity contribution in [2.24, 2.45) is 5.92 Å². The van der Waals surface area contributed by atoms with Gasteiger partial charge in [0, 0.05) is 17.0 Å². The zero-order chi connectivity index (χ0) is 18.4. The first-order valence-corrected chi connectivity index (χ1v) is 9.17. The molecule has 0 saturated heterocycles. The molecule has 4 aromatic rings. The minimum absolute atomic E-state index is 0.129. The van der Waals surface area contributed by atoms with Crippen molar-refractivity contribution in [2.45, 2.75) is 20.4 Å². The molecule has 6 heteroatoms. The molecule has 0 aliphatic carbocycles. The summed E-state index contributed by atoms with van der Waals surface area (Å²) in [6, 6.07) is 12.9. The second kappa shape index (κ2) is 6.45. The molecule has 2 heterocycles. The third kappa shape index (κ3) is 2.70. The van der Waals surface area contributed by atoms with Crippen LogP contribution in [0.1, 0.15) is 13.8 Å². The Morgan fingerprint density at radius 2 is 1.88 bits per heavy atom. The number of pyridine rings is 1. The van der Waals surface area contributed by atoms with Gasteiger partial charge in [-0.05, 0) is 36.2 Å². The molecule has 4 nitrogen and oxygen atoms in total. The Morgan fingerprint density at radius 1 is 1.12 bits per heavy atom. The van der Waals surface area contributed by atoms with Crippen molar-refractivity contribution >= 4 is 45.1 Å². The number of fused-ring (bicyclic) bond motifs is 3. The zero-order valence-corrected chi connectivity index (χ0v) is 15.9. The van der Waals surface area contributed by atoms with E-state index in [0.717, 1.165) is 21.9 Å². The van der Waals surface area contributed by atoms with Crippen molar-refractivity contribution in [3.8, 4) is 5.69 Å². The van der Waals surface area contributed by atoms with Crippen molar-refractivity contribution < 1.29 is 0 Å². The Labute approximate surface area is 160 Å². The molecule has 0 bridgehead atoms. The molecule has 2 aromatic carbocycles. The van der Waals surface area contributed by atoms with E-state index in [2.05, 4.69) is 18.8 Å². The van der Waals surface area contributed by atoms with Crippen LogP contribution in [0.5, 0.6) is 0 Å². The summed E-state index contributed by atoms with van der Waals surface area (Å²) in [5.41, 5.74) is 2.86. The smallest absolute Gasteiger partial charge is 0.290 e. The number of para-hydroxylation sites is 1. The van der Waals surface area contributed by atoms with Gasteiger partial charge in [0.25, 0.3) is 0 Å². The number of imidazole rings is 1. The predicted octanol–water partition coefficient (Wildman–Crippen LogP) is 5.30. The van der Waals surface area contributed by atoms with Crippen LogP contribution in [0, 0.1) is 5.92 Å². The van der Waals surface area contributed by atoms with Crippen LogP contribution in [0.25, 0.3) is 27.6 Å². The van der Waals surface area contributed by atoms with E-state index < -0.39 is 0 Å². The van der Waals surface area contributed by atoms with E-state index in [1.54, 1.807) is 27.5 Å². The number of hydrogen-bond donors (Lipinski definition) is 0. The average Bonchev–Trinajstić information content (AvgIpc) is 2.87. The number of hydrogen-bond acceptors (Lipinski definition) is 2. The SMILES string of the molecule is CC(C)Cn1c(=O)n(-c2ccccc2Cl)c2c3cc(Cl)ccc3ncc21. The van der Waals surface area contributed by atoms with Crippen LogP contribution in [0.15, 0.2) is 53.5 Å². The maximum absolute atomic E-state index is 13.3.